The smallest absolute Gasteiger partial charge is 0.307 e. The highest BCUT2D eigenvalue weighted by Crippen LogP contribution is 2.33. The van der Waals surface area contributed by atoms with Crippen molar-refractivity contribution in [3.05, 3.63) is 40.4 Å². The third-order valence-corrected chi connectivity index (χ3v) is 2.16. The summed E-state index contributed by atoms with van der Waals surface area (Å²) < 4.78 is 49.4. The Labute approximate surface area is 92.1 Å². The van der Waals surface area contributed by atoms with Crippen molar-refractivity contribution in [2.45, 2.75) is 12.3 Å². The van der Waals surface area contributed by atoms with Gasteiger partial charge >= 0.3 is 6.18 Å². The van der Waals surface area contributed by atoms with Crippen LogP contribution in [0.2, 0.25) is 0 Å². The monoisotopic (exact) mass is 246 g/mol. The number of nitrogens with one attached hydrogen (secondary N) is 1. The summed E-state index contributed by atoms with van der Waals surface area (Å²) in [4.78, 5) is 16.6. The Morgan fingerprint density at radius 1 is 1.24 bits per heavy atom. The molecule has 1 aromatic heterocycles. The number of hydrogen-bond donors (Lipinski definition) is 1. The minimum Gasteiger partial charge on any atom is -0.307 e. The molecule has 1 aromatic carbocycles. The van der Waals surface area contributed by atoms with Crippen molar-refractivity contribution in [3.8, 4) is 0 Å². The molecule has 3 nitrogen and oxygen atoms in total. The summed E-state index contributed by atoms with van der Waals surface area (Å²) in [6.45, 7) is 0. The molecule has 0 bridgehead atoms. The van der Waals surface area contributed by atoms with Crippen molar-refractivity contribution in [1.29, 1.82) is 0 Å². The largest absolute Gasteiger partial charge is 0.427 e. The Kier molecular flexibility index (Phi) is 2.60. The number of H-pyrrole nitrogens is 1. The molecule has 0 spiro atoms. The molecule has 0 saturated carbocycles. The van der Waals surface area contributed by atoms with E-state index in [0.29, 0.717) is 0 Å². The number of para-hydroxylation sites is 1. The fraction of sp³-hybridized carbons (Fsp3) is 0.200. The highest BCUT2D eigenvalue weighted by atomic mass is 19.4. The normalized spacial score (nSPS) is 13.9. The second-order valence-corrected chi connectivity index (χ2v) is 3.37. The fourth-order valence-electron chi connectivity index (χ4n) is 1.38. The van der Waals surface area contributed by atoms with Crippen LogP contribution < -0.4 is 5.56 Å². The van der Waals surface area contributed by atoms with Gasteiger partial charge in [-0.2, -0.15) is 13.2 Å². The van der Waals surface area contributed by atoms with Crippen LogP contribution in [0.15, 0.2) is 29.1 Å². The molecule has 1 N–H and O–H groups in total. The molecule has 0 fully saturated rings. The van der Waals surface area contributed by atoms with Gasteiger partial charge in [0, 0.05) is 0 Å². The zero-order chi connectivity index (χ0) is 12.6. The number of benzene rings is 1. The highest BCUT2D eigenvalue weighted by Gasteiger charge is 2.43. The molecule has 2 aromatic rings. The minimum absolute atomic E-state index is 0.0261. The molecule has 90 valence electrons. The lowest BCUT2D eigenvalue weighted by Gasteiger charge is -2.11. The first-order valence-corrected chi connectivity index (χ1v) is 4.59. The standard InChI is InChI=1S/C10H6F4N2O/c11-7(10(12,13)14)8-15-6-4-2-1-3-5(6)9(17)16-8/h1-4,7H,(H,15,16,17). The van der Waals surface area contributed by atoms with Crippen LogP contribution in [-0.2, 0) is 0 Å². The maximum Gasteiger partial charge on any atom is 0.427 e. The van der Waals surface area contributed by atoms with E-state index in [-0.39, 0.29) is 10.9 Å². The van der Waals surface area contributed by atoms with Crippen molar-refractivity contribution < 1.29 is 17.6 Å². The first-order valence-electron chi connectivity index (χ1n) is 4.59. The average molecular weight is 246 g/mol. The summed E-state index contributed by atoms with van der Waals surface area (Å²) >= 11 is 0. The zero-order valence-electron chi connectivity index (χ0n) is 8.25. The van der Waals surface area contributed by atoms with Gasteiger partial charge in [-0.1, -0.05) is 12.1 Å². The van der Waals surface area contributed by atoms with Gasteiger partial charge in [0.05, 0.1) is 10.9 Å². The zero-order valence-corrected chi connectivity index (χ0v) is 8.25. The highest BCUT2D eigenvalue weighted by molar-refractivity contribution is 5.77. The molecule has 1 heterocycles. The Hall–Kier alpha value is -1.92. The molecular weight excluding hydrogens is 240 g/mol. The van der Waals surface area contributed by atoms with Crippen molar-refractivity contribution in [2.75, 3.05) is 0 Å². The van der Waals surface area contributed by atoms with E-state index in [2.05, 4.69) is 4.98 Å². The lowest BCUT2D eigenvalue weighted by molar-refractivity contribution is -0.184. The van der Waals surface area contributed by atoms with Gasteiger partial charge < -0.3 is 4.98 Å². The van der Waals surface area contributed by atoms with Gasteiger partial charge in [0.2, 0.25) is 0 Å². The third kappa shape index (κ3) is 2.13. The molecule has 0 aliphatic carbocycles. The second kappa shape index (κ2) is 3.83. The fourth-order valence-corrected chi connectivity index (χ4v) is 1.38. The second-order valence-electron chi connectivity index (χ2n) is 3.37. The minimum atomic E-state index is -5.08. The van der Waals surface area contributed by atoms with Gasteiger partial charge in [-0.3, -0.25) is 4.79 Å². The summed E-state index contributed by atoms with van der Waals surface area (Å²) in [5, 5.41) is 0.116. The number of rotatable bonds is 1. The summed E-state index contributed by atoms with van der Waals surface area (Å²) in [5.41, 5.74) is -0.768. The Bertz CT molecular complexity index is 605. The molecule has 0 amide bonds. The topological polar surface area (TPSA) is 45.8 Å². The van der Waals surface area contributed by atoms with Crippen LogP contribution in [0, 0.1) is 0 Å². The van der Waals surface area contributed by atoms with Crippen LogP contribution in [-0.4, -0.2) is 16.1 Å². The lowest BCUT2D eigenvalue weighted by Crippen LogP contribution is -2.22. The predicted molar refractivity (Wildman–Crippen MR) is 52.3 cm³/mol. The maximum atomic E-state index is 13.0. The molecule has 0 aliphatic heterocycles. The van der Waals surface area contributed by atoms with E-state index in [0.717, 1.165) is 0 Å². The predicted octanol–water partition coefficient (Wildman–Crippen LogP) is 2.50. The quantitative estimate of drug-likeness (QED) is 0.786. The summed E-state index contributed by atoms with van der Waals surface area (Å²) in [5.74, 6) is -1.03. The summed E-state index contributed by atoms with van der Waals surface area (Å²) in [6.07, 6.45) is -8.38. The van der Waals surface area contributed by atoms with Crippen molar-refractivity contribution in [1.82, 2.24) is 9.97 Å². The number of fused-ring (bicyclic) bond motifs is 1. The average Bonchev–Trinajstić information content (AvgIpc) is 2.27. The van der Waals surface area contributed by atoms with Crippen LogP contribution in [0.1, 0.15) is 12.0 Å². The Balaban J connectivity index is 2.62. The van der Waals surface area contributed by atoms with Crippen LogP contribution in [0.4, 0.5) is 17.6 Å². The van der Waals surface area contributed by atoms with Crippen LogP contribution in [0.5, 0.6) is 0 Å². The number of halogens is 4. The van der Waals surface area contributed by atoms with E-state index in [1.165, 1.54) is 24.3 Å². The molecular formula is C10H6F4N2O. The van der Waals surface area contributed by atoms with E-state index < -0.39 is 23.7 Å². The van der Waals surface area contributed by atoms with Crippen LogP contribution in [0.25, 0.3) is 10.9 Å². The molecule has 1 atom stereocenters. The Morgan fingerprint density at radius 3 is 2.53 bits per heavy atom. The van der Waals surface area contributed by atoms with Gasteiger partial charge in [0.15, 0.2) is 5.82 Å². The van der Waals surface area contributed by atoms with Gasteiger partial charge in [-0.15, -0.1) is 0 Å². The number of aromatic amines is 1. The van der Waals surface area contributed by atoms with E-state index >= 15 is 0 Å². The Morgan fingerprint density at radius 2 is 1.88 bits per heavy atom. The SMILES string of the molecule is O=c1[nH]c(C(F)C(F)(F)F)nc2ccccc12. The van der Waals surface area contributed by atoms with E-state index in [1.807, 2.05) is 0 Å². The molecule has 0 radical (unpaired) electrons. The van der Waals surface area contributed by atoms with Gasteiger partial charge in [0.25, 0.3) is 11.7 Å². The van der Waals surface area contributed by atoms with Crippen LogP contribution in [0.3, 0.4) is 0 Å². The molecule has 0 aliphatic rings. The first kappa shape index (κ1) is 11.6. The molecule has 1 unspecified atom stereocenters. The molecule has 17 heavy (non-hydrogen) atoms. The number of hydrogen-bond acceptors (Lipinski definition) is 2. The first-order chi connectivity index (χ1) is 7.89. The maximum absolute atomic E-state index is 13.0. The van der Waals surface area contributed by atoms with Crippen molar-refractivity contribution in [3.63, 3.8) is 0 Å². The van der Waals surface area contributed by atoms with Gasteiger partial charge in [0.1, 0.15) is 0 Å². The summed E-state index contributed by atoms with van der Waals surface area (Å²) in [7, 11) is 0. The van der Waals surface area contributed by atoms with Crippen molar-refractivity contribution >= 4 is 10.9 Å². The molecule has 2 rings (SSSR count). The number of aromatic nitrogens is 2. The summed E-state index contributed by atoms with van der Waals surface area (Å²) in [6, 6.07) is 5.78. The lowest BCUT2D eigenvalue weighted by atomic mass is 10.2. The van der Waals surface area contributed by atoms with Gasteiger partial charge in [-0.25, -0.2) is 9.37 Å². The van der Waals surface area contributed by atoms with Gasteiger partial charge in [-0.05, 0) is 12.1 Å². The third-order valence-electron chi connectivity index (χ3n) is 2.16. The van der Waals surface area contributed by atoms with Crippen LogP contribution >= 0.6 is 0 Å². The van der Waals surface area contributed by atoms with E-state index in [9.17, 15) is 22.4 Å². The number of nitrogens with zero attached hydrogens (tertiary/aromatic N) is 1. The van der Waals surface area contributed by atoms with E-state index in [1.54, 1.807) is 4.98 Å². The molecule has 0 saturated heterocycles. The van der Waals surface area contributed by atoms with E-state index in [4.69, 9.17) is 0 Å². The number of alkyl halides is 4. The molecule has 7 heteroatoms. The van der Waals surface area contributed by atoms with Crippen molar-refractivity contribution in [2.24, 2.45) is 0 Å².